The lowest BCUT2D eigenvalue weighted by molar-refractivity contribution is -0.542. The molecule has 1 amide bonds. The van der Waals surface area contributed by atoms with Crippen molar-refractivity contribution in [3.05, 3.63) is 0 Å². The van der Waals surface area contributed by atoms with Crippen molar-refractivity contribution in [1.29, 1.82) is 0 Å². The van der Waals surface area contributed by atoms with Gasteiger partial charge in [0.25, 0.3) is 0 Å². The average molecular weight is 225 g/mol. The first-order valence-electron chi connectivity index (χ1n) is 6.03. The Balaban J connectivity index is 1.86. The molecule has 0 N–H and O–H groups in total. The van der Waals surface area contributed by atoms with Gasteiger partial charge in [-0.05, 0) is 20.8 Å². The van der Waals surface area contributed by atoms with Crippen LogP contribution in [0.3, 0.4) is 0 Å². The highest BCUT2D eigenvalue weighted by atomic mass is 16.6. The van der Waals surface area contributed by atoms with Gasteiger partial charge >= 0.3 is 6.09 Å². The molecule has 0 aromatic rings. The molecule has 2 aliphatic rings. The second-order valence-electron chi connectivity index (χ2n) is 5.58. The fourth-order valence-corrected chi connectivity index (χ4v) is 1.85. The molecule has 0 aromatic heterocycles. The molecule has 4 heteroatoms. The minimum absolute atomic E-state index is 0.195. The summed E-state index contributed by atoms with van der Waals surface area (Å²) in [4.78, 5) is 13.5. The van der Waals surface area contributed by atoms with Gasteiger partial charge in [-0.3, -0.25) is 4.90 Å². The Kier molecular flexibility index (Phi) is 2.91. The fourth-order valence-electron chi connectivity index (χ4n) is 1.85. The lowest BCUT2D eigenvalue weighted by Gasteiger charge is -2.27. The number of hydrogen-bond donors (Lipinski definition) is 0. The second-order valence-corrected chi connectivity index (χ2v) is 5.58. The van der Waals surface area contributed by atoms with Crippen LogP contribution in [0.25, 0.3) is 0 Å². The summed E-state index contributed by atoms with van der Waals surface area (Å²) < 4.78 is 7.70. The smallest absolute Gasteiger partial charge is 0.411 e. The minimum atomic E-state index is -0.398. The Bertz CT molecular complexity index is 313. The summed E-state index contributed by atoms with van der Waals surface area (Å²) in [6.45, 7) is 8.11. The van der Waals surface area contributed by atoms with Crippen LogP contribution < -0.4 is 0 Å². The van der Waals surface area contributed by atoms with Gasteiger partial charge in [0.05, 0.1) is 6.54 Å². The quantitative estimate of drug-likeness (QED) is 0.633. The van der Waals surface area contributed by atoms with Crippen molar-refractivity contribution >= 4 is 12.3 Å². The summed E-state index contributed by atoms with van der Waals surface area (Å²) in [6.07, 6.45) is 4.55. The molecule has 4 nitrogen and oxygen atoms in total. The van der Waals surface area contributed by atoms with Crippen LogP contribution in [-0.4, -0.2) is 53.1 Å². The number of carbonyl (C=O) groups excluding carboxylic acids is 1. The van der Waals surface area contributed by atoms with E-state index in [1.54, 1.807) is 4.90 Å². The van der Waals surface area contributed by atoms with Gasteiger partial charge in [0.15, 0.2) is 18.8 Å². The summed E-state index contributed by atoms with van der Waals surface area (Å²) in [5.41, 5.74) is -0.398. The Morgan fingerprint density at radius 3 is 2.56 bits per heavy atom. The third kappa shape index (κ3) is 2.97. The Labute approximate surface area is 96.9 Å². The lowest BCUT2D eigenvalue weighted by Crippen LogP contribution is -2.45. The zero-order chi connectivity index (χ0) is 11.8. The molecule has 0 atom stereocenters. The highest BCUT2D eigenvalue weighted by Gasteiger charge is 2.36. The van der Waals surface area contributed by atoms with Gasteiger partial charge in [-0.1, -0.05) is 0 Å². The summed E-state index contributed by atoms with van der Waals surface area (Å²) >= 11 is 0. The van der Waals surface area contributed by atoms with Gasteiger partial charge in [-0.25, -0.2) is 9.37 Å². The van der Waals surface area contributed by atoms with Crippen molar-refractivity contribution in [3.63, 3.8) is 0 Å². The van der Waals surface area contributed by atoms with Crippen LogP contribution in [0.4, 0.5) is 4.79 Å². The van der Waals surface area contributed by atoms with Crippen LogP contribution in [0.2, 0.25) is 0 Å². The molecule has 1 aliphatic carbocycles. The van der Waals surface area contributed by atoms with Crippen molar-refractivity contribution < 1.29 is 14.1 Å². The predicted molar refractivity (Wildman–Crippen MR) is 62.0 cm³/mol. The minimum Gasteiger partial charge on any atom is -0.444 e. The predicted octanol–water partition coefficient (Wildman–Crippen LogP) is 1.48. The molecule has 2 rings (SSSR count). The molecule has 0 unspecified atom stereocenters. The van der Waals surface area contributed by atoms with Crippen LogP contribution in [0, 0.1) is 0 Å². The van der Waals surface area contributed by atoms with E-state index in [1.165, 1.54) is 12.8 Å². The molecular formula is C12H21N2O2+. The third-order valence-corrected chi connectivity index (χ3v) is 2.83. The second kappa shape index (κ2) is 4.07. The molecule has 16 heavy (non-hydrogen) atoms. The first-order valence-corrected chi connectivity index (χ1v) is 6.03. The lowest BCUT2D eigenvalue weighted by atomic mass is 10.2. The molecule has 0 radical (unpaired) electrons. The largest absolute Gasteiger partial charge is 0.444 e. The first-order chi connectivity index (χ1) is 7.46. The molecule has 1 heterocycles. The monoisotopic (exact) mass is 225 g/mol. The van der Waals surface area contributed by atoms with Crippen molar-refractivity contribution in [2.24, 2.45) is 0 Å². The maximum atomic E-state index is 11.8. The van der Waals surface area contributed by atoms with Crippen LogP contribution in [-0.2, 0) is 4.74 Å². The number of nitrogens with zero attached hydrogens (tertiary/aromatic N) is 2. The highest BCUT2D eigenvalue weighted by Crippen LogP contribution is 2.23. The Hall–Kier alpha value is -1.06. The normalized spacial score (nSPS) is 21.7. The molecule has 1 saturated carbocycles. The van der Waals surface area contributed by atoms with Crippen molar-refractivity contribution in [2.45, 2.75) is 45.3 Å². The zero-order valence-electron chi connectivity index (χ0n) is 10.4. The van der Waals surface area contributed by atoms with E-state index in [1.807, 2.05) is 20.8 Å². The van der Waals surface area contributed by atoms with Gasteiger partial charge in [0.1, 0.15) is 12.1 Å². The van der Waals surface area contributed by atoms with Crippen molar-refractivity contribution in [3.8, 4) is 0 Å². The van der Waals surface area contributed by atoms with E-state index in [4.69, 9.17) is 4.74 Å². The Morgan fingerprint density at radius 1 is 1.44 bits per heavy atom. The zero-order valence-corrected chi connectivity index (χ0v) is 10.4. The van der Waals surface area contributed by atoms with Crippen LogP contribution in [0.1, 0.15) is 33.6 Å². The number of hydrogen-bond acceptors (Lipinski definition) is 2. The van der Waals surface area contributed by atoms with E-state index in [0.717, 1.165) is 19.1 Å². The standard InChI is InChI=1S/C12H21N2O2/c1-12(2,3)16-11(15)14-8-6-13(7-9-14)10-4-5-10/h6,10H,4-5,7-9H2,1-3H3/q+1. The fraction of sp³-hybridized carbons (Fsp3) is 0.833. The number of rotatable bonds is 1. The van der Waals surface area contributed by atoms with Crippen LogP contribution >= 0.6 is 0 Å². The molecule has 90 valence electrons. The maximum Gasteiger partial charge on any atom is 0.411 e. The topological polar surface area (TPSA) is 32.5 Å². The SMILES string of the molecule is CC(C)(C)OC(=O)N1CC=[N+](C2CC2)CC1. The van der Waals surface area contributed by atoms with Crippen LogP contribution in [0.15, 0.2) is 0 Å². The Morgan fingerprint density at radius 2 is 2.12 bits per heavy atom. The number of ether oxygens (including phenoxy) is 1. The molecular weight excluding hydrogens is 204 g/mol. The maximum absolute atomic E-state index is 11.8. The van der Waals surface area contributed by atoms with E-state index in [0.29, 0.717) is 6.54 Å². The van der Waals surface area contributed by atoms with Gasteiger partial charge in [0.2, 0.25) is 0 Å². The molecule has 1 aliphatic heterocycles. The molecule has 0 aromatic carbocycles. The number of carbonyl (C=O) groups is 1. The van der Waals surface area contributed by atoms with E-state index < -0.39 is 5.60 Å². The van der Waals surface area contributed by atoms with Crippen molar-refractivity contribution in [2.75, 3.05) is 19.6 Å². The van der Waals surface area contributed by atoms with Crippen LogP contribution in [0.5, 0.6) is 0 Å². The van der Waals surface area contributed by atoms with E-state index in [-0.39, 0.29) is 6.09 Å². The summed E-state index contributed by atoms with van der Waals surface area (Å²) in [5.74, 6) is 0. The average Bonchev–Trinajstić information content (AvgIpc) is 2.98. The highest BCUT2D eigenvalue weighted by molar-refractivity contribution is 5.72. The molecule has 1 fully saturated rings. The number of amides is 1. The van der Waals surface area contributed by atoms with Gasteiger partial charge in [-0.2, -0.15) is 0 Å². The first kappa shape index (κ1) is 11.4. The third-order valence-electron chi connectivity index (χ3n) is 2.83. The summed E-state index contributed by atoms with van der Waals surface area (Å²) in [7, 11) is 0. The van der Waals surface area contributed by atoms with E-state index in [2.05, 4.69) is 10.8 Å². The molecule has 0 saturated heterocycles. The van der Waals surface area contributed by atoms with Gasteiger partial charge < -0.3 is 4.74 Å². The molecule has 0 bridgehead atoms. The van der Waals surface area contributed by atoms with E-state index >= 15 is 0 Å². The summed E-state index contributed by atoms with van der Waals surface area (Å²) in [5, 5.41) is 0. The summed E-state index contributed by atoms with van der Waals surface area (Å²) in [6, 6.07) is 0.751. The van der Waals surface area contributed by atoms with Crippen molar-refractivity contribution in [1.82, 2.24) is 4.90 Å². The van der Waals surface area contributed by atoms with Gasteiger partial charge in [-0.15, -0.1) is 0 Å². The van der Waals surface area contributed by atoms with E-state index in [9.17, 15) is 4.79 Å². The van der Waals surface area contributed by atoms with Gasteiger partial charge in [0, 0.05) is 12.8 Å². The molecule has 0 spiro atoms.